The number of hydrogen-bond acceptors (Lipinski definition) is 2. The molecule has 1 atom stereocenters. The number of hydrogen-bond donors (Lipinski definition) is 0. The fourth-order valence-corrected chi connectivity index (χ4v) is 3.31. The van der Waals surface area contributed by atoms with Gasteiger partial charge < -0.3 is 4.74 Å². The number of rotatable bonds is 3. The fraction of sp³-hybridized carbons (Fsp3) is 0.350. The lowest BCUT2D eigenvalue weighted by molar-refractivity contribution is 0.0296. The van der Waals surface area contributed by atoms with Crippen LogP contribution >= 0.6 is 0 Å². The Hall–Kier alpha value is -2.29. The summed E-state index contributed by atoms with van der Waals surface area (Å²) in [6.45, 7) is 3.21. The lowest BCUT2D eigenvalue weighted by atomic mass is 9.82. The first-order valence-electron chi connectivity index (χ1n) is 8.24. The van der Waals surface area contributed by atoms with Crippen LogP contribution in [0.5, 0.6) is 0 Å². The molecule has 0 radical (unpaired) electrons. The summed E-state index contributed by atoms with van der Waals surface area (Å²) >= 11 is 0. The standard InChI is InChI=1S/C20H23NO2/c1-20(18-12-6-3-7-13-18)14-8-9-15-21(20)19(22)23-16-17-10-4-2-5-11-17/h2-7,10-13H,8-9,14-16H2,1H3. The average Bonchev–Trinajstić information content (AvgIpc) is 2.62. The van der Waals surface area contributed by atoms with E-state index in [9.17, 15) is 4.79 Å². The van der Waals surface area contributed by atoms with Crippen molar-refractivity contribution in [1.82, 2.24) is 4.90 Å². The molecule has 0 aliphatic carbocycles. The van der Waals surface area contributed by atoms with Crippen molar-refractivity contribution in [2.24, 2.45) is 0 Å². The molecule has 2 aromatic rings. The minimum absolute atomic E-state index is 0.222. The highest BCUT2D eigenvalue weighted by atomic mass is 16.6. The molecule has 23 heavy (non-hydrogen) atoms. The molecule has 0 saturated carbocycles. The van der Waals surface area contributed by atoms with Gasteiger partial charge in [0.25, 0.3) is 0 Å². The van der Waals surface area contributed by atoms with Gasteiger partial charge in [-0.05, 0) is 37.3 Å². The predicted octanol–water partition coefficient (Wildman–Crippen LogP) is 4.72. The predicted molar refractivity (Wildman–Crippen MR) is 91.0 cm³/mol. The number of ether oxygens (including phenoxy) is 1. The van der Waals surface area contributed by atoms with Crippen LogP contribution < -0.4 is 0 Å². The summed E-state index contributed by atoms with van der Waals surface area (Å²) in [7, 11) is 0. The molecular weight excluding hydrogens is 286 g/mol. The third kappa shape index (κ3) is 3.39. The van der Waals surface area contributed by atoms with E-state index in [1.54, 1.807) is 0 Å². The number of likely N-dealkylation sites (tertiary alicyclic amines) is 1. The highest BCUT2D eigenvalue weighted by molar-refractivity contribution is 5.69. The van der Waals surface area contributed by atoms with Crippen molar-refractivity contribution in [2.45, 2.75) is 38.3 Å². The summed E-state index contributed by atoms with van der Waals surface area (Å²) in [6, 6.07) is 20.1. The van der Waals surface area contributed by atoms with Crippen LogP contribution in [0.4, 0.5) is 4.79 Å². The molecule has 3 nitrogen and oxygen atoms in total. The fourth-order valence-electron chi connectivity index (χ4n) is 3.31. The third-order valence-corrected chi connectivity index (χ3v) is 4.71. The van der Waals surface area contributed by atoms with Gasteiger partial charge in [0, 0.05) is 6.54 Å². The van der Waals surface area contributed by atoms with E-state index in [1.807, 2.05) is 53.4 Å². The van der Waals surface area contributed by atoms with Gasteiger partial charge >= 0.3 is 6.09 Å². The first kappa shape index (κ1) is 15.6. The average molecular weight is 309 g/mol. The number of benzene rings is 2. The second-order valence-corrected chi connectivity index (χ2v) is 6.29. The summed E-state index contributed by atoms with van der Waals surface area (Å²) in [5, 5.41) is 0. The molecule has 1 fully saturated rings. The lowest BCUT2D eigenvalue weighted by Crippen LogP contribution is -2.50. The topological polar surface area (TPSA) is 29.5 Å². The molecule has 3 rings (SSSR count). The SMILES string of the molecule is CC1(c2ccccc2)CCCCN1C(=O)OCc1ccccc1. The number of amides is 1. The van der Waals surface area contributed by atoms with Gasteiger partial charge in [-0.1, -0.05) is 60.7 Å². The summed E-state index contributed by atoms with van der Waals surface area (Å²) in [6.07, 6.45) is 2.91. The molecule has 0 N–H and O–H groups in total. The van der Waals surface area contributed by atoms with Crippen LogP contribution in [-0.4, -0.2) is 17.5 Å². The molecule has 1 aliphatic rings. The molecule has 0 bridgehead atoms. The van der Waals surface area contributed by atoms with E-state index in [0.29, 0.717) is 6.61 Å². The molecule has 0 aromatic heterocycles. The van der Waals surface area contributed by atoms with Gasteiger partial charge in [-0.3, -0.25) is 4.90 Å². The van der Waals surface area contributed by atoms with Gasteiger partial charge in [0.15, 0.2) is 0 Å². The first-order chi connectivity index (χ1) is 11.2. The van der Waals surface area contributed by atoms with Crippen LogP contribution in [0.1, 0.15) is 37.3 Å². The molecular formula is C20H23NO2. The zero-order chi connectivity index (χ0) is 16.1. The van der Waals surface area contributed by atoms with Gasteiger partial charge in [0.1, 0.15) is 6.61 Å². The van der Waals surface area contributed by atoms with E-state index in [0.717, 1.165) is 31.4 Å². The Balaban J connectivity index is 1.74. The van der Waals surface area contributed by atoms with Crippen LogP contribution in [0.25, 0.3) is 0 Å². The van der Waals surface area contributed by atoms with Gasteiger partial charge in [0.05, 0.1) is 5.54 Å². The Morgan fingerprint density at radius 2 is 1.70 bits per heavy atom. The normalized spacial score (nSPS) is 21.0. The first-order valence-corrected chi connectivity index (χ1v) is 8.24. The van der Waals surface area contributed by atoms with Gasteiger partial charge in [-0.2, -0.15) is 0 Å². The number of carbonyl (C=O) groups is 1. The lowest BCUT2D eigenvalue weighted by Gasteiger charge is -2.44. The summed E-state index contributed by atoms with van der Waals surface area (Å²) in [4.78, 5) is 14.6. The van der Waals surface area contributed by atoms with Crippen molar-refractivity contribution in [3.05, 3.63) is 71.8 Å². The molecule has 2 aromatic carbocycles. The van der Waals surface area contributed by atoms with Crippen LogP contribution in [0, 0.1) is 0 Å². The maximum absolute atomic E-state index is 12.7. The number of piperidine rings is 1. The van der Waals surface area contributed by atoms with Crippen LogP contribution in [0.2, 0.25) is 0 Å². The quantitative estimate of drug-likeness (QED) is 0.820. The van der Waals surface area contributed by atoms with Crippen molar-refractivity contribution >= 4 is 6.09 Å². The van der Waals surface area contributed by atoms with Gasteiger partial charge in [-0.15, -0.1) is 0 Å². The van der Waals surface area contributed by atoms with Crippen LogP contribution in [0.15, 0.2) is 60.7 Å². The minimum Gasteiger partial charge on any atom is -0.445 e. The largest absolute Gasteiger partial charge is 0.445 e. The highest BCUT2D eigenvalue weighted by Crippen LogP contribution is 2.37. The maximum atomic E-state index is 12.7. The number of nitrogens with zero attached hydrogens (tertiary/aromatic N) is 1. The summed E-state index contributed by atoms with van der Waals surface area (Å²) < 4.78 is 5.57. The van der Waals surface area contributed by atoms with E-state index in [-0.39, 0.29) is 11.6 Å². The van der Waals surface area contributed by atoms with Gasteiger partial charge in [-0.25, -0.2) is 4.79 Å². The molecule has 1 amide bonds. The Kier molecular flexibility index (Phi) is 4.65. The molecule has 1 saturated heterocycles. The molecule has 0 spiro atoms. The smallest absolute Gasteiger partial charge is 0.410 e. The molecule has 1 aliphatic heterocycles. The second-order valence-electron chi connectivity index (χ2n) is 6.29. The Labute approximate surface area is 137 Å². The third-order valence-electron chi connectivity index (χ3n) is 4.71. The Morgan fingerprint density at radius 3 is 2.39 bits per heavy atom. The van der Waals surface area contributed by atoms with Gasteiger partial charge in [0.2, 0.25) is 0 Å². The zero-order valence-electron chi connectivity index (χ0n) is 13.6. The molecule has 1 heterocycles. The molecule has 120 valence electrons. The Morgan fingerprint density at radius 1 is 1.04 bits per heavy atom. The molecule has 3 heteroatoms. The van der Waals surface area contributed by atoms with E-state index >= 15 is 0 Å². The summed E-state index contributed by atoms with van der Waals surface area (Å²) in [5.74, 6) is 0. The summed E-state index contributed by atoms with van der Waals surface area (Å²) in [5.41, 5.74) is 1.91. The molecule has 1 unspecified atom stereocenters. The Bertz CT molecular complexity index is 641. The van der Waals surface area contributed by atoms with E-state index in [1.165, 1.54) is 5.56 Å². The van der Waals surface area contributed by atoms with Crippen LogP contribution in [0.3, 0.4) is 0 Å². The highest BCUT2D eigenvalue weighted by Gasteiger charge is 2.39. The second kappa shape index (κ2) is 6.86. The van der Waals surface area contributed by atoms with Crippen molar-refractivity contribution < 1.29 is 9.53 Å². The minimum atomic E-state index is -0.284. The van der Waals surface area contributed by atoms with E-state index in [2.05, 4.69) is 19.1 Å². The van der Waals surface area contributed by atoms with Crippen molar-refractivity contribution in [3.8, 4) is 0 Å². The number of carbonyl (C=O) groups excluding carboxylic acids is 1. The zero-order valence-corrected chi connectivity index (χ0v) is 13.6. The van der Waals surface area contributed by atoms with Crippen molar-refractivity contribution in [3.63, 3.8) is 0 Å². The van der Waals surface area contributed by atoms with Crippen LogP contribution in [-0.2, 0) is 16.9 Å². The maximum Gasteiger partial charge on any atom is 0.410 e. The van der Waals surface area contributed by atoms with Crippen molar-refractivity contribution in [2.75, 3.05) is 6.54 Å². The van der Waals surface area contributed by atoms with Crippen molar-refractivity contribution in [1.29, 1.82) is 0 Å². The van der Waals surface area contributed by atoms with E-state index < -0.39 is 0 Å². The van der Waals surface area contributed by atoms with E-state index in [4.69, 9.17) is 4.74 Å². The monoisotopic (exact) mass is 309 g/mol.